The average molecular weight is 526 g/mol. The minimum Gasteiger partial charge on any atom is -0.382 e. The zero-order valence-electron chi connectivity index (χ0n) is 18.8. The molecule has 16 heteroatoms. The standard InChI is InChI=1S/C20H19ClF3N9O3/c1-11(36-6-5-35-2)17-14(10-25-16-8-15(21)31-32(16)17)30-19(34)29-12-7-13(20(22,23)24)18(26-9-12)33-27-3-4-28-33/h3-4,7-11H,5-6H2,1-2H3,(H2,29,30,34). The summed E-state index contributed by atoms with van der Waals surface area (Å²) in [6.45, 7) is 2.32. The lowest BCUT2D eigenvalue weighted by molar-refractivity contribution is -0.137. The van der Waals surface area contributed by atoms with Crippen molar-refractivity contribution in [3.05, 3.63) is 53.3 Å². The Hall–Kier alpha value is -3.82. The van der Waals surface area contributed by atoms with E-state index >= 15 is 0 Å². The third-order valence-corrected chi connectivity index (χ3v) is 5.00. The lowest BCUT2D eigenvalue weighted by atomic mass is 10.2. The molecule has 0 saturated carbocycles. The van der Waals surface area contributed by atoms with Crippen molar-refractivity contribution in [3.63, 3.8) is 0 Å². The van der Waals surface area contributed by atoms with Crippen molar-refractivity contribution in [2.24, 2.45) is 0 Å². The molecule has 2 N–H and O–H groups in total. The molecule has 4 aromatic rings. The smallest absolute Gasteiger partial charge is 0.382 e. The molecule has 0 aromatic carbocycles. The predicted octanol–water partition coefficient (Wildman–Crippen LogP) is 3.75. The van der Waals surface area contributed by atoms with E-state index in [2.05, 4.69) is 35.9 Å². The van der Waals surface area contributed by atoms with E-state index in [9.17, 15) is 18.0 Å². The topological polar surface area (TPSA) is 133 Å². The van der Waals surface area contributed by atoms with Crippen molar-refractivity contribution in [3.8, 4) is 5.82 Å². The van der Waals surface area contributed by atoms with Gasteiger partial charge in [-0.05, 0) is 13.0 Å². The van der Waals surface area contributed by atoms with Crippen LogP contribution in [0.3, 0.4) is 0 Å². The van der Waals surface area contributed by atoms with Gasteiger partial charge >= 0.3 is 12.2 Å². The number of aromatic nitrogens is 7. The number of carbonyl (C=O) groups is 1. The molecule has 2 amide bonds. The molecule has 0 aliphatic rings. The number of amides is 2. The zero-order valence-corrected chi connectivity index (χ0v) is 19.6. The number of methoxy groups -OCH3 is 1. The third-order valence-electron chi connectivity index (χ3n) is 4.82. The Morgan fingerprint density at radius 1 is 1.14 bits per heavy atom. The first-order valence-electron chi connectivity index (χ1n) is 10.3. The summed E-state index contributed by atoms with van der Waals surface area (Å²) in [7, 11) is 1.53. The predicted molar refractivity (Wildman–Crippen MR) is 121 cm³/mol. The van der Waals surface area contributed by atoms with Gasteiger partial charge in [-0.15, -0.1) is 4.80 Å². The van der Waals surface area contributed by atoms with E-state index in [4.69, 9.17) is 21.1 Å². The average Bonchev–Trinajstić information content (AvgIpc) is 3.47. The Morgan fingerprint density at radius 2 is 1.89 bits per heavy atom. The van der Waals surface area contributed by atoms with Crippen LogP contribution in [0.4, 0.5) is 29.3 Å². The molecule has 190 valence electrons. The van der Waals surface area contributed by atoms with Gasteiger partial charge in [-0.2, -0.15) is 28.5 Å². The summed E-state index contributed by atoms with van der Waals surface area (Å²) >= 11 is 6.01. The number of fused-ring (bicyclic) bond motifs is 1. The molecule has 12 nitrogen and oxygen atoms in total. The quantitative estimate of drug-likeness (QED) is 0.332. The summed E-state index contributed by atoms with van der Waals surface area (Å²) in [5.41, 5.74) is -0.326. The van der Waals surface area contributed by atoms with E-state index in [1.807, 2.05) is 0 Å². The summed E-state index contributed by atoms with van der Waals surface area (Å²) < 4.78 is 53.1. The normalized spacial score (nSPS) is 12.6. The van der Waals surface area contributed by atoms with Crippen molar-refractivity contribution >= 4 is 34.7 Å². The number of anilines is 2. The van der Waals surface area contributed by atoms with E-state index in [0.29, 0.717) is 17.9 Å². The minimum absolute atomic E-state index is 0.173. The minimum atomic E-state index is -4.78. The number of urea groups is 1. The summed E-state index contributed by atoms with van der Waals surface area (Å²) in [6.07, 6.45) is -0.506. The van der Waals surface area contributed by atoms with Crippen LogP contribution < -0.4 is 10.6 Å². The van der Waals surface area contributed by atoms with Gasteiger partial charge in [0.1, 0.15) is 5.56 Å². The number of halogens is 4. The molecule has 1 atom stereocenters. The molecule has 0 radical (unpaired) electrons. The van der Waals surface area contributed by atoms with Crippen LogP contribution >= 0.6 is 11.6 Å². The molecule has 0 saturated heterocycles. The lowest BCUT2D eigenvalue weighted by Gasteiger charge is -2.19. The third kappa shape index (κ3) is 5.53. The Balaban J connectivity index is 1.60. The summed E-state index contributed by atoms with van der Waals surface area (Å²) in [5, 5.41) is 16.6. The van der Waals surface area contributed by atoms with Crippen molar-refractivity contribution in [1.29, 1.82) is 0 Å². The van der Waals surface area contributed by atoms with Crippen LogP contribution in [0, 0.1) is 0 Å². The number of hydrogen-bond donors (Lipinski definition) is 2. The first-order chi connectivity index (χ1) is 17.2. The second-order valence-electron chi connectivity index (χ2n) is 7.29. The van der Waals surface area contributed by atoms with Gasteiger partial charge in [-0.25, -0.2) is 19.3 Å². The van der Waals surface area contributed by atoms with Gasteiger partial charge in [0.25, 0.3) is 0 Å². The molecule has 36 heavy (non-hydrogen) atoms. The van der Waals surface area contributed by atoms with Gasteiger partial charge in [0.2, 0.25) is 0 Å². The fourth-order valence-electron chi connectivity index (χ4n) is 3.30. The SMILES string of the molecule is COCCOC(C)c1c(NC(=O)Nc2cnc(-n3nccn3)c(C(F)(F)F)c2)cnc2cc(Cl)nn12. The number of hydrogen-bond acceptors (Lipinski definition) is 8. The Kier molecular flexibility index (Phi) is 7.32. The van der Waals surface area contributed by atoms with E-state index in [-0.39, 0.29) is 23.1 Å². The van der Waals surface area contributed by atoms with E-state index in [1.54, 1.807) is 6.92 Å². The highest BCUT2D eigenvalue weighted by molar-refractivity contribution is 6.29. The van der Waals surface area contributed by atoms with E-state index in [1.165, 1.54) is 36.3 Å². The Morgan fingerprint density at radius 3 is 2.58 bits per heavy atom. The first-order valence-corrected chi connectivity index (χ1v) is 10.7. The Bertz CT molecular complexity index is 1360. The molecule has 0 fully saturated rings. The molecule has 0 aliphatic heterocycles. The summed E-state index contributed by atoms with van der Waals surface area (Å²) in [6, 6.07) is 1.41. The highest BCUT2D eigenvalue weighted by atomic mass is 35.5. The molecule has 4 aromatic heterocycles. The molecule has 0 aliphatic carbocycles. The number of alkyl halides is 3. The number of nitrogens with zero attached hydrogens (tertiary/aromatic N) is 7. The zero-order chi connectivity index (χ0) is 25.9. The van der Waals surface area contributed by atoms with Gasteiger partial charge < -0.3 is 20.1 Å². The first kappa shape index (κ1) is 25.3. The molecule has 4 heterocycles. The number of nitrogens with one attached hydrogen (secondary N) is 2. The highest BCUT2D eigenvalue weighted by Gasteiger charge is 2.36. The van der Waals surface area contributed by atoms with Crippen LogP contribution in [0.15, 0.2) is 36.9 Å². The van der Waals surface area contributed by atoms with Crippen LogP contribution in [-0.2, 0) is 15.7 Å². The molecule has 4 rings (SSSR count). The van der Waals surface area contributed by atoms with Crippen molar-refractivity contribution < 1.29 is 27.4 Å². The van der Waals surface area contributed by atoms with Crippen molar-refractivity contribution in [2.45, 2.75) is 19.2 Å². The molecular formula is C20H19ClF3N9O3. The van der Waals surface area contributed by atoms with Crippen LogP contribution in [0.25, 0.3) is 11.5 Å². The fraction of sp³-hybridized carbons (Fsp3) is 0.300. The van der Waals surface area contributed by atoms with Gasteiger partial charge in [0, 0.05) is 13.2 Å². The van der Waals surface area contributed by atoms with Gasteiger partial charge in [0.15, 0.2) is 16.6 Å². The second kappa shape index (κ2) is 10.4. The highest BCUT2D eigenvalue weighted by Crippen LogP contribution is 2.34. The maximum atomic E-state index is 13.6. The maximum absolute atomic E-state index is 13.6. The number of rotatable bonds is 8. The molecule has 0 bridgehead atoms. The summed E-state index contributed by atoms with van der Waals surface area (Å²) in [4.78, 5) is 21.4. The van der Waals surface area contributed by atoms with Gasteiger partial charge in [-0.1, -0.05) is 11.6 Å². The van der Waals surface area contributed by atoms with Crippen LogP contribution in [-0.4, -0.2) is 60.9 Å². The number of carbonyl (C=O) groups excluding carboxylic acids is 1. The largest absolute Gasteiger partial charge is 0.420 e. The molecular weight excluding hydrogens is 507 g/mol. The van der Waals surface area contributed by atoms with Gasteiger partial charge in [-0.3, -0.25) is 0 Å². The van der Waals surface area contributed by atoms with Crippen LogP contribution in [0.5, 0.6) is 0 Å². The van der Waals surface area contributed by atoms with Crippen molar-refractivity contribution in [2.75, 3.05) is 31.0 Å². The van der Waals surface area contributed by atoms with Crippen LogP contribution in [0.2, 0.25) is 5.15 Å². The lowest BCUT2D eigenvalue weighted by Crippen LogP contribution is -2.23. The number of ether oxygens (including phenoxy) is 2. The number of pyridine rings is 1. The molecule has 0 spiro atoms. The van der Waals surface area contributed by atoms with Crippen LogP contribution in [0.1, 0.15) is 24.3 Å². The van der Waals surface area contributed by atoms with Gasteiger partial charge in [0.05, 0.1) is 61.2 Å². The second-order valence-corrected chi connectivity index (χ2v) is 7.68. The van der Waals surface area contributed by atoms with E-state index in [0.717, 1.165) is 17.1 Å². The van der Waals surface area contributed by atoms with Crippen molar-refractivity contribution in [1.82, 2.24) is 34.6 Å². The van der Waals surface area contributed by atoms with E-state index < -0.39 is 29.7 Å². The monoisotopic (exact) mass is 525 g/mol. The maximum Gasteiger partial charge on any atom is 0.420 e. The molecule has 1 unspecified atom stereocenters. The fourth-order valence-corrected chi connectivity index (χ4v) is 3.47. The summed E-state index contributed by atoms with van der Waals surface area (Å²) in [5.74, 6) is -0.534. The Labute approximate surface area is 206 Å².